The number of hydrogen-bond donors (Lipinski definition) is 2. The Labute approximate surface area is 166 Å². The summed E-state index contributed by atoms with van der Waals surface area (Å²) >= 11 is 0. The molecule has 0 bridgehead atoms. The summed E-state index contributed by atoms with van der Waals surface area (Å²) in [7, 11) is 0. The number of carbonyl (C=O) groups is 2. The van der Waals surface area contributed by atoms with Crippen molar-refractivity contribution in [3.63, 3.8) is 0 Å². The highest BCUT2D eigenvalue weighted by atomic mass is 16.5. The summed E-state index contributed by atoms with van der Waals surface area (Å²) in [6.45, 7) is -0.0250. The molecule has 0 aromatic heterocycles. The van der Waals surface area contributed by atoms with E-state index < -0.39 is 12.1 Å². The van der Waals surface area contributed by atoms with Crippen LogP contribution in [0.5, 0.6) is 0 Å². The number of aliphatic carboxylic acids is 1. The molecular formula is C22H29NO5. The molecule has 0 radical (unpaired) electrons. The third-order valence-corrected chi connectivity index (χ3v) is 4.86. The average molecular weight is 387 g/mol. The first kappa shape index (κ1) is 21.9. The van der Waals surface area contributed by atoms with Gasteiger partial charge in [-0.15, -0.1) is 0 Å². The van der Waals surface area contributed by atoms with Crippen molar-refractivity contribution >= 4 is 11.9 Å². The molecule has 0 saturated carbocycles. The van der Waals surface area contributed by atoms with E-state index in [2.05, 4.69) is 11.8 Å². The second-order valence-corrected chi connectivity index (χ2v) is 7.08. The Morgan fingerprint density at radius 1 is 1.25 bits per heavy atom. The van der Waals surface area contributed by atoms with E-state index in [1.165, 1.54) is 0 Å². The van der Waals surface area contributed by atoms with Crippen LogP contribution in [0.4, 0.5) is 0 Å². The number of aliphatic hydroxyl groups is 1. The van der Waals surface area contributed by atoms with Gasteiger partial charge in [0.15, 0.2) is 0 Å². The SMILES string of the molecule is O=C(O)COCC#CCN1C(=O)CCCC[C@@H]1CCC(O)Cc1ccccc1. The molecule has 0 spiro atoms. The minimum absolute atomic E-state index is 0.0365. The quantitative estimate of drug-likeness (QED) is 0.501. The van der Waals surface area contributed by atoms with Crippen molar-refractivity contribution in [2.45, 2.75) is 57.1 Å². The normalized spacial score (nSPS) is 18.1. The van der Waals surface area contributed by atoms with Crippen molar-refractivity contribution in [2.75, 3.05) is 19.8 Å². The predicted octanol–water partition coefficient (Wildman–Crippen LogP) is 2.25. The molecule has 1 unspecified atom stereocenters. The molecule has 2 N–H and O–H groups in total. The molecule has 1 fully saturated rings. The molecule has 1 aliphatic rings. The number of aliphatic hydroxyl groups excluding tert-OH is 1. The maximum atomic E-state index is 12.5. The van der Waals surface area contributed by atoms with E-state index in [9.17, 15) is 14.7 Å². The van der Waals surface area contributed by atoms with Gasteiger partial charge in [0.25, 0.3) is 0 Å². The minimum atomic E-state index is -1.03. The molecule has 1 aliphatic heterocycles. The second kappa shape index (κ2) is 12.2. The summed E-state index contributed by atoms with van der Waals surface area (Å²) in [5.41, 5.74) is 1.11. The van der Waals surface area contributed by atoms with E-state index in [0.717, 1.165) is 31.2 Å². The third kappa shape index (κ3) is 8.12. The van der Waals surface area contributed by atoms with Gasteiger partial charge < -0.3 is 19.8 Å². The molecule has 1 aromatic carbocycles. The summed E-state index contributed by atoms with van der Waals surface area (Å²) < 4.78 is 4.89. The maximum Gasteiger partial charge on any atom is 0.329 e. The van der Waals surface area contributed by atoms with Gasteiger partial charge in [-0.05, 0) is 37.7 Å². The van der Waals surface area contributed by atoms with Crippen LogP contribution in [0, 0.1) is 11.8 Å². The smallest absolute Gasteiger partial charge is 0.329 e. The molecule has 2 atom stereocenters. The van der Waals surface area contributed by atoms with E-state index >= 15 is 0 Å². The molecule has 152 valence electrons. The van der Waals surface area contributed by atoms with Crippen molar-refractivity contribution in [3.05, 3.63) is 35.9 Å². The lowest BCUT2D eigenvalue weighted by atomic mass is 9.98. The first-order chi connectivity index (χ1) is 13.6. The summed E-state index contributed by atoms with van der Waals surface area (Å²) in [5.74, 6) is 4.76. The van der Waals surface area contributed by atoms with Gasteiger partial charge in [-0.1, -0.05) is 48.6 Å². The van der Waals surface area contributed by atoms with Gasteiger partial charge in [0.1, 0.15) is 13.2 Å². The average Bonchev–Trinajstić information content (AvgIpc) is 2.85. The largest absolute Gasteiger partial charge is 0.480 e. The topological polar surface area (TPSA) is 87.1 Å². The Morgan fingerprint density at radius 2 is 2.04 bits per heavy atom. The fourth-order valence-electron chi connectivity index (χ4n) is 3.43. The standard InChI is InChI=1S/C22H29NO5/c24-20(16-18-8-2-1-3-9-18)13-12-19-10-4-5-11-21(25)23(19)14-6-7-15-28-17-22(26)27/h1-3,8-9,19-20,24H,4-5,10-17H2,(H,26,27)/t19-,20?/m1/s1. The molecule has 0 aliphatic carbocycles. The van der Waals surface area contributed by atoms with E-state index in [4.69, 9.17) is 9.84 Å². The summed E-state index contributed by atoms with van der Waals surface area (Å²) in [4.78, 5) is 24.7. The van der Waals surface area contributed by atoms with Crippen LogP contribution < -0.4 is 0 Å². The van der Waals surface area contributed by atoms with Gasteiger partial charge in [0.2, 0.25) is 5.91 Å². The van der Waals surface area contributed by atoms with Crippen molar-refractivity contribution < 1.29 is 24.5 Å². The van der Waals surface area contributed by atoms with Crippen molar-refractivity contribution in [3.8, 4) is 11.8 Å². The van der Waals surface area contributed by atoms with Crippen LogP contribution in [0.3, 0.4) is 0 Å². The van der Waals surface area contributed by atoms with Crippen LogP contribution in [0.1, 0.15) is 44.1 Å². The van der Waals surface area contributed by atoms with Crippen molar-refractivity contribution in [1.82, 2.24) is 4.90 Å². The highest BCUT2D eigenvalue weighted by Crippen LogP contribution is 2.22. The van der Waals surface area contributed by atoms with Gasteiger partial charge in [-0.25, -0.2) is 4.79 Å². The molecule has 6 nitrogen and oxygen atoms in total. The monoisotopic (exact) mass is 387 g/mol. The fourth-order valence-corrected chi connectivity index (χ4v) is 3.43. The van der Waals surface area contributed by atoms with Gasteiger partial charge in [0, 0.05) is 12.5 Å². The predicted molar refractivity (Wildman–Crippen MR) is 106 cm³/mol. The van der Waals surface area contributed by atoms with Crippen molar-refractivity contribution in [2.24, 2.45) is 0 Å². The minimum Gasteiger partial charge on any atom is -0.480 e. The number of ether oxygens (including phenoxy) is 1. The molecular weight excluding hydrogens is 358 g/mol. The molecule has 1 amide bonds. The number of nitrogens with zero attached hydrogens (tertiary/aromatic N) is 1. The maximum absolute atomic E-state index is 12.5. The second-order valence-electron chi connectivity index (χ2n) is 7.08. The van der Waals surface area contributed by atoms with Crippen LogP contribution in [-0.2, 0) is 20.7 Å². The van der Waals surface area contributed by atoms with E-state index in [1.807, 2.05) is 35.2 Å². The zero-order chi connectivity index (χ0) is 20.2. The van der Waals surface area contributed by atoms with Gasteiger partial charge in [0.05, 0.1) is 12.6 Å². The van der Waals surface area contributed by atoms with Crippen LogP contribution in [0.2, 0.25) is 0 Å². The Bertz CT molecular complexity index is 679. The number of likely N-dealkylation sites (tertiary alicyclic amines) is 1. The molecule has 28 heavy (non-hydrogen) atoms. The number of carbonyl (C=O) groups excluding carboxylic acids is 1. The number of hydrogen-bond acceptors (Lipinski definition) is 4. The molecule has 1 saturated heterocycles. The highest BCUT2D eigenvalue weighted by Gasteiger charge is 2.26. The molecule has 2 rings (SSSR count). The number of carboxylic acid groups (broad SMARTS) is 1. The highest BCUT2D eigenvalue weighted by molar-refractivity contribution is 5.77. The van der Waals surface area contributed by atoms with Gasteiger partial charge in [-0.2, -0.15) is 0 Å². The number of amides is 1. The first-order valence-electron chi connectivity index (χ1n) is 9.83. The van der Waals surface area contributed by atoms with Crippen LogP contribution in [0.15, 0.2) is 30.3 Å². The van der Waals surface area contributed by atoms with Crippen molar-refractivity contribution in [1.29, 1.82) is 0 Å². The van der Waals surface area contributed by atoms with Crippen LogP contribution in [0.25, 0.3) is 0 Å². The third-order valence-electron chi connectivity index (χ3n) is 4.86. The summed E-state index contributed by atoms with van der Waals surface area (Å²) in [6.07, 6.45) is 4.89. The number of carboxylic acids is 1. The lowest BCUT2D eigenvalue weighted by molar-refractivity contribution is -0.141. The zero-order valence-corrected chi connectivity index (χ0v) is 16.2. The summed E-state index contributed by atoms with van der Waals surface area (Å²) in [6, 6.07) is 9.98. The van der Waals surface area contributed by atoms with Crippen LogP contribution >= 0.6 is 0 Å². The van der Waals surface area contributed by atoms with Gasteiger partial charge >= 0.3 is 5.97 Å². The number of benzene rings is 1. The lowest BCUT2D eigenvalue weighted by Gasteiger charge is -2.29. The zero-order valence-electron chi connectivity index (χ0n) is 16.2. The molecule has 1 heterocycles. The Kier molecular flexibility index (Phi) is 9.53. The van der Waals surface area contributed by atoms with E-state index in [-0.39, 0.29) is 25.2 Å². The van der Waals surface area contributed by atoms with Crippen LogP contribution in [-0.4, -0.2) is 58.9 Å². The van der Waals surface area contributed by atoms with Gasteiger partial charge in [-0.3, -0.25) is 4.79 Å². The van der Waals surface area contributed by atoms with E-state index in [1.54, 1.807) is 0 Å². The first-order valence-corrected chi connectivity index (χ1v) is 9.83. The summed E-state index contributed by atoms with van der Waals surface area (Å²) in [5, 5.41) is 18.9. The fraction of sp³-hybridized carbons (Fsp3) is 0.545. The molecule has 6 heteroatoms. The Morgan fingerprint density at radius 3 is 2.79 bits per heavy atom. The lowest BCUT2D eigenvalue weighted by Crippen LogP contribution is -2.39. The Balaban J connectivity index is 1.85. The number of rotatable bonds is 9. The molecule has 1 aromatic rings. The Hall–Kier alpha value is -2.36. The van der Waals surface area contributed by atoms with E-state index in [0.29, 0.717) is 25.8 Å².